The SMILES string of the molecule is Cn1ccnc1Sc1cc(Oc2ccc([P+](=O)[O-])cc2)cc(C(=O)Nc2nccs2)c1. The van der Waals surface area contributed by atoms with Crippen LogP contribution < -0.4 is 20.3 Å². The number of carbonyl (C=O) groups excluding carboxylic acids is 1. The van der Waals surface area contributed by atoms with Crippen LogP contribution in [0.2, 0.25) is 0 Å². The molecule has 0 saturated carbocycles. The lowest BCUT2D eigenvalue weighted by Crippen LogP contribution is -2.12. The first kappa shape index (κ1) is 21.2. The van der Waals surface area contributed by atoms with Crippen molar-refractivity contribution in [3.05, 3.63) is 72.0 Å². The molecule has 2 aromatic carbocycles. The number of hydrogen-bond acceptors (Lipinski definition) is 8. The molecule has 31 heavy (non-hydrogen) atoms. The minimum Gasteiger partial charge on any atom is -0.591 e. The number of thiazole rings is 1. The highest BCUT2D eigenvalue weighted by molar-refractivity contribution is 7.99. The van der Waals surface area contributed by atoms with Gasteiger partial charge in [0.2, 0.25) is 0 Å². The summed E-state index contributed by atoms with van der Waals surface area (Å²) in [7, 11) is -0.776. The number of ether oxygens (including phenoxy) is 1. The number of benzene rings is 2. The van der Waals surface area contributed by atoms with Crippen molar-refractivity contribution < 1.29 is 19.0 Å². The molecule has 0 aliphatic heterocycles. The summed E-state index contributed by atoms with van der Waals surface area (Å²) in [4.78, 5) is 33.0. The molecule has 1 atom stereocenters. The van der Waals surface area contributed by atoms with Gasteiger partial charge in [0, 0.05) is 41.5 Å². The molecule has 0 aliphatic carbocycles. The van der Waals surface area contributed by atoms with Crippen LogP contribution in [-0.2, 0) is 11.6 Å². The molecule has 0 fully saturated rings. The number of nitrogens with one attached hydrogen (secondary N) is 1. The summed E-state index contributed by atoms with van der Waals surface area (Å²) in [6, 6.07) is 11.2. The van der Waals surface area contributed by atoms with E-state index in [2.05, 4.69) is 15.3 Å². The Morgan fingerprint density at radius 1 is 1.16 bits per heavy atom. The number of hydrogen-bond donors (Lipinski definition) is 1. The Bertz CT molecular complexity index is 1230. The lowest BCUT2D eigenvalue weighted by molar-refractivity contribution is -0.160. The van der Waals surface area contributed by atoms with Gasteiger partial charge >= 0.3 is 8.03 Å². The van der Waals surface area contributed by atoms with E-state index < -0.39 is 8.03 Å². The average Bonchev–Trinajstić information content (AvgIpc) is 3.40. The Kier molecular flexibility index (Phi) is 6.43. The molecule has 0 aliphatic rings. The topological polar surface area (TPSA) is 109 Å². The van der Waals surface area contributed by atoms with Crippen molar-refractivity contribution in [2.75, 3.05) is 5.32 Å². The Morgan fingerprint density at radius 2 is 1.97 bits per heavy atom. The third kappa shape index (κ3) is 5.36. The van der Waals surface area contributed by atoms with Crippen molar-refractivity contribution >= 4 is 47.5 Å². The van der Waals surface area contributed by atoms with Gasteiger partial charge in [0.15, 0.2) is 15.6 Å². The summed E-state index contributed by atoms with van der Waals surface area (Å²) in [5.41, 5.74) is 0.392. The molecular weight excluding hydrogens is 455 g/mol. The maximum absolute atomic E-state index is 12.8. The lowest BCUT2D eigenvalue weighted by Gasteiger charge is -2.11. The second kappa shape index (κ2) is 9.40. The molecule has 0 spiro atoms. The zero-order valence-corrected chi connectivity index (χ0v) is 18.6. The van der Waals surface area contributed by atoms with Crippen LogP contribution in [0.4, 0.5) is 5.13 Å². The van der Waals surface area contributed by atoms with Crippen molar-refractivity contribution in [3.8, 4) is 11.5 Å². The fourth-order valence-electron chi connectivity index (χ4n) is 2.60. The van der Waals surface area contributed by atoms with Crippen molar-refractivity contribution in [1.82, 2.24) is 14.5 Å². The maximum atomic E-state index is 12.8. The molecule has 11 heteroatoms. The molecule has 8 nitrogen and oxygen atoms in total. The van der Waals surface area contributed by atoms with Gasteiger partial charge in [0.05, 0.1) is 0 Å². The smallest absolute Gasteiger partial charge is 0.348 e. The lowest BCUT2D eigenvalue weighted by atomic mass is 10.2. The molecule has 1 amide bonds. The normalized spacial score (nSPS) is 11.2. The molecule has 156 valence electrons. The van der Waals surface area contributed by atoms with Gasteiger partial charge in [-0.1, -0.05) is 16.3 Å². The van der Waals surface area contributed by atoms with E-state index in [-0.39, 0.29) is 11.2 Å². The molecule has 2 aromatic heterocycles. The number of aromatic nitrogens is 3. The van der Waals surface area contributed by atoms with Gasteiger partial charge < -0.3 is 14.2 Å². The van der Waals surface area contributed by atoms with Crippen LogP contribution in [0, 0.1) is 0 Å². The van der Waals surface area contributed by atoms with Crippen molar-refractivity contribution in [2.24, 2.45) is 7.05 Å². The first-order chi connectivity index (χ1) is 15.0. The van der Waals surface area contributed by atoms with Crippen molar-refractivity contribution in [3.63, 3.8) is 0 Å². The first-order valence-electron chi connectivity index (χ1n) is 8.91. The summed E-state index contributed by atoms with van der Waals surface area (Å²) in [6.45, 7) is 0. The first-order valence-corrected chi connectivity index (χ1v) is 11.8. The molecule has 4 rings (SSSR count). The minimum absolute atomic E-state index is 0.199. The Balaban J connectivity index is 1.63. The minimum atomic E-state index is -2.66. The predicted molar refractivity (Wildman–Crippen MR) is 118 cm³/mol. The zero-order valence-electron chi connectivity index (χ0n) is 16.1. The fraction of sp³-hybridized carbons (Fsp3) is 0.0500. The average molecular weight is 470 g/mol. The van der Waals surface area contributed by atoms with Gasteiger partial charge in [-0.15, -0.1) is 11.3 Å². The molecule has 4 aromatic rings. The van der Waals surface area contributed by atoms with Gasteiger partial charge in [-0.05, 0) is 42.5 Å². The van der Waals surface area contributed by atoms with E-state index >= 15 is 0 Å². The molecule has 0 saturated heterocycles. The maximum Gasteiger partial charge on any atom is 0.348 e. The van der Waals surface area contributed by atoms with Crippen LogP contribution >= 0.6 is 31.1 Å². The van der Waals surface area contributed by atoms with Crippen LogP contribution in [0.1, 0.15) is 10.4 Å². The van der Waals surface area contributed by atoms with Gasteiger partial charge in [-0.25, -0.2) is 9.97 Å². The molecule has 1 N–H and O–H groups in total. The second-order valence-electron chi connectivity index (χ2n) is 6.26. The highest BCUT2D eigenvalue weighted by Crippen LogP contribution is 2.32. The van der Waals surface area contributed by atoms with E-state index in [1.54, 1.807) is 48.1 Å². The number of anilines is 1. The second-order valence-corrected chi connectivity index (χ2v) is 9.23. The summed E-state index contributed by atoms with van der Waals surface area (Å²) in [5.74, 6) is 0.564. The summed E-state index contributed by atoms with van der Waals surface area (Å²) < 4.78 is 18.9. The molecule has 0 radical (unpaired) electrons. The van der Waals surface area contributed by atoms with Crippen LogP contribution in [0.3, 0.4) is 0 Å². The fourth-order valence-corrected chi connectivity index (χ4v) is 4.41. The number of aryl methyl sites for hydroxylation is 1. The van der Waals surface area contributed by atoms with Gasteiger partial charge in [0.25, 0.3) is 5.91 Å². The van der Waals surface area contributed by atoms with E-state index in [1.165, 1.54) is 35.2 Å². The highest BCUT2D eigenvalue weighted by Gasteiger charge is 2.14. The van der Waals surface area contributed by atoms with E-state index in [0.717, 1.165) is 10.1 Å². The van der Waals surface area contributed by atoms with Gasteiger partial charge in [-0.2, -0.15) is 0 Å². The van der Waals surface area contributed by atoms with Crippen LogP contribution in [-0.4, -0.2) is 20.4 Å². The summed E-state index contributed by atoms with van der Waals surface area (Å²) >= 11 is 2.71. The zero-order chi connectivity index (χ0) is 21.8. The van der Waals surface area contributed by atoms with E-state index in [1.807, 2.05) is 17.8 Å². The third-order valence-electron chi connectivity index (χ3n) is 4.06. The van der Waals surface area contributed by atoms with E-state index in [9.17, 15) is 14.3 Å². The Hall–Kier alpha value is -3.04. The Morgan fingerprint density at radius 3 is 2.61 bits per heavy atom. The number of carbonyl (C=O) groups is 1. The number of amides is 1. The number of nitrogens with zero attached hydrogens (tertiary/aromatic N) is 3. The van der Waals surface area contributed by atoms with E-state index in [4.69, 9.17) is 4.74 Å². The molecule has 1 unspecified atom stereocenters. The molecular formula is C20H15N4O4PS2. The quantitative estimate of drug-likeness (QED) is 0.409. The Labute approximate surface area is 186 Å². The van der Waals surface area contributed by atoms with Gasteiger partial charge in [0.1, 0.15) is 11.5 Å². The largest absolute Gasteiger partial charge is 0.591 e. The van der Waals surface area contributed by atoms with Crippen molar-refractivity contribution in [2.45, 2.75) is 10.1 Å². The predicted octanol–water partition coefficient (Wildman–Crippen LogP) is 3.80. The van der Waals surface area contributed by atoms with Gasteiger partial charge in [-0.3, -0.25) is 10.1 Å². The summed E-state index contributed by atoms with van der Waals surface area (Å²) in [6.07, 6.45) is 5.14. The highest BCUT2D eigenvalue weighted by atomic mass is 32.2. The van der Waals surface area contributed by atoms with Crippen LogP contribution in [0.5, 0.6) is 11.5 Å². The summed E-state index contributed by atoms with van der Waals surface area (Å²) in [5, 5.41) is 5.99. The molecule has 0 bridgehead atoms. The number of imidazole rings is 1. The van der Waals surface area contributed by atoms with Crippen LogP contribution in [0.15, 0.2) is 76.5 Å². The standard InChI is InChI=1S/C20H15N4O4PS2/c1-24-8-6-22-20(24)31-17-11-13(18(25)23-19-21-7-9-30-19)10-15(12-17)28-14-2-4-16(5-3-14)29(26)27/h2-12H,1H3,(H,21,23,25). The third-order valence-corrected chi connectivity index (χ3v) is 6.52. The molecule has 2 heterocycles. The number of rotatable bonds is 7. The van der Waals surface area contributed by atoms with Crippen LogP contribution in [0.25, 0.3) is 0 Å². The van der Waals surface area contributed by atoms with Crippen molar-refractivity contribution in [1.29, 1.82) is 0 Å². The monoisotopic (exact) mass is 470 g/mol. The van der Waals surface area contributed by atoms with E-state index in [0.29, 0.717) is 22.2 Å².